The minimum absolute atomic E-state index is 0.0653. The lowest BCUT2D eigenvalue weighted by molar-refractivity contribution is 0.0699. The maximum atomic E-state index is 11.4. The molecule has 0 atom stereocenters. The summed E-state index contributed by atoms with van der Waals surface area (Å²) in [5.74, 6) is 6.31. The summed E-state index contributed by atoms with van der Waals surface area (Å²) in [6.07, 6.45) is 16.2. The summed E-state index contributed by atoms with van der Waals surface area (Å²) in [7, 11) is 0. The van der Waals surface area contributed by atoms with Gasteiger partial charge in [0.15, 0.2) is 0 Å². The Kier molecular flexibility index (Phi) is 2.99. The molecular weight excluding hydrogens is 236 g/mol. The van der Waals surface area contributed by atoms with Crippen molar-refractivity contribution in [3.8, 4) is 37.0 Å². The van der Waals surface area contributed by atoms with Gasteiger partial charge in [-0.2, -0.15) is 0 Å². The molecule has 2 rings (SSSR count). The molecule has 0 aliphatic heterocycles. The fourth-order valence-electron chi connectivity index (χ4n) is 1.98. The molecule has 0 saturated heterocycles. The van der Waals surface area contributed by atoms with Gasteiger partial charge < -0.3 is 5.11 Å². The number of carbonyl (C=O) groups is 1. The average Bonchev–Trinajstić information content (AvgIpc) is 2.44. The topological polar surface area (TPSA) is 37.3 Å². The third-order valence-electron chi connectivity index (χ3n) is 2.82. The van der Waals surface area contributed by atoms with Crippen molar-refractivity contribution in [1.82, 2.24) is 0 Å². The SMILES string of the molecule is C#Cc1cc(C(=O)O)c2c(C#C)ccc(C#C)c2c1. The molecule has 0 saturated carbocycles. The van der Waals surface area contributed by atoms with E-state index < -0.39 is 5.97 Å². The Morgan fingerprint density at radius 2 is 1.63 bits per heavy atom. The molecule has 0 amide bonds. The van der Waals surface area contributed by atoms with Gasteiger partial charge >= 0.3 is 5.97 Å². The maximum Gasteiger partial charge on any atom is 0.336 e. The molecule has 2 aromatic rings. The van der Waals surface area contributed by atoms with Gasteiger partial charge in [0.25, 0.3) is 0 Å². The molecule has 0 heterocycles. The van der Waals surface area contributed by atoms with Crippen LogP contribution in [0.1, 0.15) is 27.0 Å². The monoisotopic (exact) mass is 244 g/mol. The normalized spacial score (nSPS) is 9.32. The highest BCUT2D eigenvalue weighted by atomic mass is 16.4. The summed E-state index contributed by atoms with van der Waals surface area (Å²) in [6.45, 7) is 0. The average molecular weight is 244 g/mol. The van der Waals surface area contributed by atoms with E-state index in [2.05, 4.69) is 17.8 Å². The fourth-order valence-corrected chi connectivity index (χ4v) is 1.98. The van der Waals surface area contributed by atoms with E-state index in [1.165, 1.54) is 6.07 Å². The van der Waals surface area contributed by atoms with Crippen LogP contribution in [0.2, 0.25) is 0 Å². The molecule has 0 aliphatic carbocycles. The van der Waals surface area contributed by atoms with Crippen molar-refractivity contribution < 1.29 is 9.90 Å². The second-order valence-corrected chi connectivity index (χ2v) is 3.85. The Morgan fingerprint density at radius 1 is 1.00 bits per heavy atom. The number of benzene rings is 2. The summed E-state index contributed by atoms with van der Waals surface area (Å²) in [6, 6.07) is 6.42. The highest BCUT2D eigenvalue weighted by Gasteiger charge is 2.14. The predicted molar refractivity (Wildman–Crippen MR) is 74.7 cm³/mol. The first kappa shape index (κ1) is 12.3. The van der Waals surface area contributed by atoms with Crippen molar-refractivity contribution in [2.24, 2.45) is 0 Å². The van der Waals surface area contributed by atoms with Gasteiger partial charge in [-0.25, -0.2) is 4.79 Å². The molecule has 1 N–H and O–H groups in total. The summed E-state index contributed by atoms with van der Waals surface area (Å²) in [5, 5.41) is 10.3. The molecule has 0 radical (unpaired) electrons. The number of hydrogen-bond donors (Lipinski definition) is 1. The Hall–Kier alpha value is -3.15. The highest BCUT2D eigenvalue weighted by molar-refractivity contribution is 6.08. The molecule has 0 spiro atoms. The second-order valence-electron chi connectivity index (χ2n) is 3.85. The smallest absolute Gasteiger partial charge is 0.336 e. The van der Waals surface area contributed by atoms with Gasteiger partial charge in [-0.1, -0.05) is 17.8 Å². The first-order chi connectivity index (χ1) is 9.12. The summed E-state index contributed by atoms with van der Waals surface area (Å²) < 4.78 is 0. The van der Waals surface area contributed by atoms with E-state index in [0.717, 1.165) is 0 Å². The molecule has 0 aromatic heterocycles. The van der Waals surface area contributed by atoms with Crippen LogP contribution in [0.4, 0.5) is 0 Å². The zero-order valence-electron chi connectivity index (χ0n) is 9.90. The first-order valence-electron chi connectivity index (χ1n) is 5.36. The van der Waals surface area contributed by atoms with Crippen LogP contribution in [0.5, 0.6) is 0 Å². The van der Waals surface area contributed by atoms with Crippen LogP contribution in [0.15, 0.2) is 24.3 Å². The molecule has 2 heteroatoms. The Bertz CT molecular complexity index is 821. The van der Waals surface area contributed by atoms with E-state index in [0.29, 0.717) is 27.5 Å². The molecule has 2 nitrogen and oxygen atoms in total. The van der Waals surface area contributed by atoms with Gasteiger partial charge in [0, 0.05) is 27.5 Å². The lowest BCUT2D eigenvalue weighted by Crippen LogP contribution is -2.01. The molecular formula is C17H8O2. The Morgan fingerprint density at radius 3 is 2.16 bits per heavy atom. The third-order valence-corrected chi connectivity index (χ3v) is 2.82. The van der Waals surface area contributed by atoms with Crippen molar-refractivity contribution in [2.75, 3.05) is 0 Å². The van der Waals surface area contributed by atoms with E-state index in [9.17, 15) is 9.90 Å². The van der Waals surface area contributed by atoms with Gasteiger partial charge in [-0.15, -0.1) is 19.3 Å². The van der Waals surface area contributed by atoms with Crippen LogP contribution in [0, 0.1) is 37.0 Å². The van der Waals surface area contributed by atoms with Crippen LogP contribution in [0.25, 0.3) is 10.8 Å². The van der Waals surface area contributed by atoms with Gasteiger partial charge in [-0.05, 0) is 24.3 Å². The Balaban J connectivity index is 3.10. The molecule has 19 heavy (non-hydrogen) atoms. The van der Waals surface area contributed by atoms with Crippen molar-refractivity contribution in [3.05, 3.63) is 46.5 Å². The largest absolute Gasteiger partial charge is 0.478 e. The lowest BCUT2D eigenvalue weighted by atomic mass is 9.93. The summed E-state index contributed by atoms with van der Waals surface area (Å²) >= 11 is 0. The zero-order chi connectivity index (χ0) is 14.0. The van der Waals surface area contributed by atoms with E-state index in [-0.39, 0.29) is 5.56 Å². The van der Waals surface area contributed by atoms with Crippen LogP contribution < -0.4 is 0 Å². The molecule has 88 valence electrons. The maximum absolute atomic E-state index is 11.4. The molecule has 0 aliphatic rings. The number of aromatic carboxylic acids is 1. The van der Waals surface area contributed by atoms with Crippen LogP contribution in [-0.4, -0.2) is 11.1 Å². The quantitative estimate of drug-likeness (QED) is 0.782. The first-order valence-corrected chi connectivity index (χ1v) is 5.36. The fraction of sp³-hybridized carbons (Fsp3) is 0. The number of carboxylic acids is 1. The van der Waals surface area contributed by atoms with Gasteiger partial charge in [0.1, 0.15) is 0 Å². The van der Waals surface area contributed by atoms with Gasteiger partial charge in [0.2, 0.25) is 0 Å². The minimum Gasteiger partial charge on any atom is -0.478 e. The van der Waals surface area contributed by atoms with E-state index in [1.807, 2.05) is 0 Å². The second kappa shape index (κ2) is 4.61. The van der Waals surface area contributed by atoms with E-state index in [1.54, 1.807) is 18.2 Å². The van der Waals surface area contributed by atoms with E-state index in [4.69, 9.17) is 19.3 Å². The van der Waals surface area contributed by atoms with Gasteiger partial charge in [-0.3, -0.25) is 0 Å². The van der Waals surface area contributed by atoms with Crippen LogP contribution in [0.3, 0.4) is 0 Å². The standard InChI is InChI=1S/C17H8O2/c1-4-11-9-14-12(5-2)7-8-13(6-3)16(14)15(10-11)17(18)19/h1-3,7-10H,(H,18,19). The number of fused-ring (bicyclic) bond motifs is 1. The lowest BCUT2D eigenvalue weighted by Gasteiger charge is -2.08. The molecule has 2 aromatic carbocycles. The minimum atomic E-state index is -1.09. The number of carboxylic acid groups (broad SMARTS) is 1. The van der Waals surface area contributed by atoms with E-state index >= 15 is 0 Å². The Labute approximate surface area is 111 Å². The molecule has 0 bridgehead atoms. The third kappa shape index (κ3) is 1.91. The number of terminal acetylenes is 3. The van der Waals surface area contributed by atoms with Crippen LogP contribution >= 0.6 is 0 Å². The van der Waals surface area contributed by atoms with Gasteiger partial charge in [0.05, 0.1) is 5.56 Å². The predicted octanol–water partition coefficient (Wildman–Crippen LogP) is 2.48. The highest BCUT2D eigenvalue weighted by Crippen LogP contribution is 2.27. The summed E-state index contributed by atoms with van der Waals surface area (Å²) in [4.78, 5) is 11.4. The molecule has 0 fully saturated rings. The number of hydrogen-bond acceptors (Lipinski definition) is 1. The number of rotatable bonds is 1. The van der Waals surface area contributed by atoms with Crippen molar-refractivity contribution in [2.45, 2.75) is 0 Å². The zero-order valence-corrected chi connectivity index (χ0v) is 9.90. The van der Waals surface area contributed by atoms with Crippen molar-refractivity contribution >= 4 is 16.7 Å². The van der Waals surface area contributed by atoms with Crippen LogP contribution in [-0.2, 0) is 0 Å². The molecule has 0 unspecified atom stereocenters. The summed E-state index contributed by atoms with van der Waals surface area (Å²) in [5.41, 5.74) is 1.56. The van der Waals surface area contributed by atoms with Crippen molar-refractivity contribution in [1.29, 1.82) is 0 Å². The van der Waals surface area contributed by atoms with Crippen molar-refractivity contribution in [3.63, 3.8) is 0 Å².